The van der Waals surface area contributed by atoms with Crippen LogP contribution >= 0.6 is 0 Å². The number of benzene rings is 1. The summed E-state index contributed by atoms with van der Waals surface area (Å²) < 4.78 is 10.5. The predicted molar refractivity (Wildman–Crippen MR) is 65.4 cm³/mol. The second-order valence-electron chi connectivity index (χ2n) is 4.45. The molecule has 0 unspecified atom stereocenters. The number of nitrogens with zero attached hydrogens (tertiary/aromatic N) is 1. The van der Waals surface area contributed by atoms with Crippen LogP contribution in [0, 0.1) is 5.92 Å². The Morgan fingerprint density at radius 2 is 2.16 bits per heavy atom. The molecule has 19 heavy (non-hydrogen) atoms. The van der Waals surface area contributed by atoms with Crippen molar-refractivity contribution in [3.8, 4) is 11.5 Å². The smallest absolute Gasteiger partial charge is 0.239 e. The first-order chi connectivity index (χ1) is 9.19. The summed E-state index contributed by atoms with van der Waals surface area (Å²) in [5, 5.41) is 0. The molecule has 1 aromatic rings. The molecule has 0 spiro atoms. The van der Waals surface area contributed by atoms with Gasteiger partial charge < -0.3 is 14.4 Å². The number of hydrogen-bond donors (Lipinski definition) is 2. The Bertz CT molecular complexity index is 546. The third-order valence-electron chi connectivity index (χ3n) is 3.31. The van der Waals surface area contributed by atoms with Crippen molar-refractivity contribution in [1.82, 2.24) is 5.43 Å². The summed E-state index contributed by atoms with van der Waals surface area (Å²) in [5.41, 5.74) is 2.77. The van der Waals surface area contributed by atoms with Gasteiger partial charge >= 0.3 is 0 Å². The molecule has 0 saturated carbocycles. The van der Waals surface area contributed by atoms with E-state index in [4.69, 9.17) is 15.3 Å². The summed E-state index contributed by atoms with van der Waals surface area (Å²) in [6.07, 6.45) is 0.164. The number of fused-ring (bicyclic) bond motifs is 1. The molecule has 3 N–H and O–H groups in total. The Labute approximate surface area is 109 Å². The Morgan fingerprint density at radius 1 is 1.37 bits per heavy atom. The van der Waals surface area contributed by atoms with Gasteiger partial charge in [0.1, 0.15) is 0 Å². The van der Waals surface area contributed by atoms with E-state index in [0.29, 0.717) is 23.7 Å². The van der Waals surface area contributed by atoms with Gasteiger partial charge in [0.15, 0.2) is 11.5 Å². The molecule has 7 nitrogen and oxygen atoms in total. The molecule has 100 valence electrons. The van der Waals surface area contributed by atoms with E-state index in [0.717, 1.165) is 0 Å². The average Bonchev–Trinajstić information content (AvgIpc) is 3.03. The molecule has 2 aliphatic rings. The van der Waals surface area contributed by atoms with Crippen LogP contribution in [0.5, 0.6) is 11.5 Å². The fraction of sp³-hybridized carbons (Fsp3) is 0.333. The molecule has 3 rings (SSSR count). The molecule has 0 radical (unpaired) electrons. The largest absolute Gasteiger partial charge is 0.454 e. The number of amides is 2. The Hall–Kier alpha value is -2.28. The fourth-order valence-electron chi connectivity index (χ4n) is 2.30. The van der Waals surface area contributed by atoms with Gasteiger partial charge in [-0.05, 0) is 12.1 Å². The number of hydrogen-bond acceptors (Lipinski definition) is 5. The van der Waals surface area contributed by atoms with Gasteiger partial charge in [0.2, 0.25) is 18.6 Å². The quantitative estimate of drug-likeness (QED) is 0.436. The van der Waals surface area contributed by atoms with E-state index in [1.54, 1.807) is 23.1 Å². The van der Waals surface area contributed by atoms with Crippen molar-refractivity contribution in [2.24, 2.45) is 11.8 Å². The van der Waals surface area contributed by atoms with Crippen LogP contribution in [0.3, 0.4) is 0 Å². The first-order valence-corrected chi connectivity index (χ1v) is 5.89. The van der Waals surface area contributed by atoms with Gasteiger partial charge in [0.05, 0.1) is 5.92 Å². The second kappa shape index (κ2) is 4.43. The summed E-state index contributed by atoms with van der Waals surface area (Å²) in [4.78, 5) is 25.0. The monoisotopic (exact) mass is 263 g/mol. The first-order valence-electron chi connectivity index (χ1n) is 5.89. The van der Waals surface area contributed by atoms with Gasteiger partial charge in [0.25, 0.3) is 0 Å². The highest BCUT2D eigenvalue weighted by Crippen LogP contribution is 2.37. The minimum Gasteiger partial charge on any atom is -0.454 e. The summed E-state index contributed by atoms with van der Waals surface area (Å²) in [7, 11) is 0. The van der Waals surface area contributed by atoms with Crippen molar-refractivity contribution in [1.29, 1.82) is 0 Å². The maximum atomic E-state index is 11.9. The maximum absolute atomic E-state index is 11.9. The van der Waals surface area contributed by atoms with Gasteiger partial charge in [0, 0.05) is 24.7 Å². The molecule has 1 atom stereocenters. The number of carbonyl (C=O) groups is 2. The van der Waals surface area contributed by atoms with Gasteiger partial charge in [-0.2, -0.15) is 0 Å². The van der Waals surface area contributed by atoms with Gasteiger partial charge in [-0.25, -0.2) is 5.84 Å². The Morgan fingerprint density at radius 3 is 2.95 bits per heavy atom. The van der Waals surface area contributed by atoms with Crippen LogP contribution in [0.15, 0.2) is 18.2 Å². The van der Waals surface area contributed by atoms with E-state index < -0.39 is 5.92 Å². The molecule has 1 aromatic carbocycles. The van der Waals surface area contributed by atoms with Crippen LogP contribution in [0.25, 0.3) is 0 Å². The third kappa shape index (κ3) is 1.97. The Balaban J connectivity index is 1.83. The normalized spacial score (nSPS) is 20.8. The highest BCUT2D eigenvalue weighted by Gasteiger charge is 2.35. The van der Waals surface area contributed by atoms with E-state index >= 15 is 0 Å². The van der Waals surface area contributed by atoms with Crippen LogP contribution in [0.4, 0.5) is 5.69 Å². The molecule has 7 heteroatoms. The fourth-order valence-corrected chi connectivity index (χ4v) is 2.30. The number of nitrogens with two attached hydrogens (primary N) is 1. The summed E-state index contributed by atoms with van der Waals surface area (Å²) in [6, 6.07) is 5.26. The van der Waals surface area contributed by atoms with Crippen LogP contribution in [-0.2, 0) is 9.59 Å². The Kier molecular flexibility index (Phi) is 2.75. The van der Waals surface area contributed by atoms with Crippen LogP contribution in [0.1, 0.15) is 6.42 Å². The zero-order valence-electron chi connectivity index (χ0n) is 10.1. The topological polar surface area (TPSA) is 93.9 Å². The van der Waals surface area contributed by atoms with Gasteiger partial charge in [-0.3, -0.25) is 15.0 Å². The van der Waals surface area contributed by atoms with Crippen LogP contribution < -0.4 is 25.6 Å². The van der Waals surface area contributed by atoms with Crippen molar-refractivity contribution in [3.05, 3.63) is 18.2 Å². The van der Waals surface area contributed by atoms with Crippen molar-refractivity contribution < 1.29 is 19.1 Å². The van der Waals surface area contributed by atoms with E-state index in [2.05, 4.69) is 5.43 Å². The summed E-state index contributed by atoms with van der Waals surface area (Å²) in [6.45, 7) is 0.506. The standard InChI is InChI=1S/C12H13N3O4/c13-14-12(17)7-3-11(16)15(5-7)8-1-2-9-10(4-8)19-6-18-9/h1-2,4,7H,3,5-6,13H2,(H,14,17)/t7-/m0/s1. The molecular weight excluding hydrogens is 250 g/mol. The molecule has 2 aliphatic heterocycles. The number of nitrogens with one attached hydrogen (secondary N) is 1. The van der Waals surface area contributed by atoms with Crippen LogP contribution in [-0.4, -0.2) is 25.2 Å². The molecule has 0 bridgehead atoms. The minimum atomic E-state index is -0.414. The highest BCUT2D eigenvalue weighted by atomic mass is 16.7. The van der Waals surface area contributed by atoms with E-state index in [1.165, 1.54) is 0 Å². The third-order valence-corrected chi connectivity index (χ3v) is 3.31. The zero-order chi connectivity index (χ0) is 13.4. The number of ether oxygens (including phenoxy) is 2. The molecule has 0 aliphatic carbocycles. The second-order valence-corrected chi connectivity index (χ2v) is 4.45. The molecular formula is C12H13N3O4. The average molecular weight is 263 g/mol. The number of carbonyl (C=O) groups excluding carboxylic acids is 2. The lowest BCUT2D eigenvalue weighted by Gasteiger charge is -2.16. The SMILES string of the molecule is NNC(=O)[C@H]1CC(=O)N(c2ccc3c(c2)OCO3)C1. The van der Waals surface area contributed by atoms with Gasteiger partial charge in [-0.1, -0.05) is 0 Å². The predicted octanol–water partition coefficient (Wildman–Crippen LogP) is -0.242. The van der Waals surface area contributed by atoms with Crippen molar-refractivity contribution in [3.63, 3.8) is 0 Å². The first kappa shape index (κ1) is 11.8. The van der Waals surface area contributed by atoms with E-state index in [1.807, 2.05) is 0 Å². The van der Waals surface area contributed by atoms with Gasteiger partial charge in [-0.15, -0.1) is 0 Å². The van der Waals surface area contributed by atoms with E-state index in [9.17, 15) is 9.59 Å². The molecule has 1 fully saturated rings. The molecule has 1 saturated heterocycles. The molecule has 2 amide bonds. The summed E-state index contributed by atoms with van der Waals surface area (Å²) >= 11 is 0. The van der Waals surface area contributed by atoms with Crippen molar-refractivity contribution in [2.75, 3.05) is 18.2 Å². The minimum absolute atomic E-state index is 0.104. The lowest BCUT2D eigenvalue weighted by Crippen LogP contribution is -2.37. The number of rotatable bonds is 2. The molecule has 2 heterocycles. The lowest BCUT2D eigenvalue weighted by molar-refractivity contribution is -0.126. The maximum Gasteiger partial charge on any atom is 0.239 e. The molecule has 0 aromatic heterocycles. The van der Waals surface area contributed by atoms with Crippen molar-refractivity contribution in [2.45, 2.75) is 6.42 Å². The van der Waals surface area contributed by atoms with E-state index in [-0.39, 0.29) is 25.0 Å². The summed E-state index contributed by atoms with van der Waals surface area (Å²) in [5.74, 6) is 5.52. The number of hydrazine groups is 1. The van der Waals surface area contributed by atoms with Crippen LogP contribution in [0.2, 0.25) is 0 Å². The highest BCUT2D eigenvalue weighted by molar-refractivity contribution is 6.00. The zero-order valence-corrected chi connectivity index (χ0v) is 10.1. The lowest BCUT2D eigenvalue weighted by atomic mass is 10.1. The number of anilines is 1. The van der Waals surface area contributed by atoms with Crippen molar-refractivity contribution >= 4 is 17.5 Å².